The second kappa shape index (κ2) is 9.57. The van der Waals surface area contributed by atoms with Gasteiger partial charge in [0, 0.05) is 65.0 Å². The number of halogens is 1. The number of pyridine rings is 1. The fourth-order valence-corrected chi connectivity index (χ4v) is 3.83. The van der Waals surface area contributed by atoms with Gasteiger partial charge in [-0.25, -0.2) is 4.98 Å². The van der Waals surface area contributed by atoms with E-state index in [9.17, 15) is 0 Å². The predicted octanol–water partition coefficient (Wildman–Crippen LogP) is 2.06. The summed E-state index contributed by atoms with van der Waals surface area (Å²) >= 11 is 6.29. The number of nitrogens with one attached hydrogen (secondary N) is 2. The van der Waals surface area contributed by atoms with E-state index in [1.807, 2.05) is 12.1 Å². The molecule has 0 saturated carbocycles. The maximum absolute atomic E-state index is 6.29. The third-order valence-corrected chi connectivity index (χ3v) is 5.57. The zero-order valence-electron chi connectivity index (χ0n) is 16.2. The highest BCUT2D eigenvalue weighted by Crippen LogP contribution is 2.26. The van der Waals surface area contributed by atoms with Gasteiger partial charge in [-0.2, -0.15) is 0 Å². The highest BCUT2D eigenvalue weighted by Gasteiger charge is 2.32. The first kappa shape index (κ1) is 20.2. The van der Waals surface area contributed by atoms with Gasteiger partial charge in [0.15, 0.2) is 5.96 Å². The molecule has 1 atom stereocenters. The lowest BCUT2D eigenvalue weighted by atomic mass is 9.94. The molecule has 2 N–H and O–H groups in total. The van der Waals surface area contributed by atoms with Crippen LogP contribution >= 0.6 is 11.6 Å². The van der Waals surface area contributed by atoms with Gasteiger partial charge in [-0.15, -0.1) is 0 Å². The summed E-state index contributed by atoms with van der Waals surface area (Å²) < 4.78 is 11.3. The van der Waals surface area contributed by atoms with E-state index in [2.05, 4.69) is 27.4 Å². The number of nitrogens with zero attached hydrogens (tertiary/aromatic N) is 3. The fourth-order valence-electron chi connectivity index (χ4n) is 3.59. The first-order valence-electron chi connectivity index (χ1n) is 9.69. The molecule has 2 saturated heterocycles. The van der Waals surface area contributed by atoms with Crippen LogP contribution in [0.15, 0.2) is 23.3 Å². The van der Waals surface area contributed by atoms with Crippen molar-refractivity contribution in [1.82, 2.24) is 15.6 Å². The van der Waals surface area contributed by atoms with Crippen molar-refractivity contribution in [2.45, 2.75) is 37.8 Å². The summed E-state index contributed by atoms with van der Waals surface area (Å²) in [6.07, 6.45) is 4.55. The third-order valence-electron chi connectivity index (χ3n) is 5.27. The lowest BCUT2D eigenvalue weighted by molar-refractivity contribution is -0.0828. The second-order valence-corrected chi connectivity index (χ2v) is 7.49. The lowest BCUT2D eigenvalue weighted by Gasteiger charge is -2.34. The van der Waals surface area contributed by atoms with Gasteiger partial charge in [-0.05, 0) is 25.5 Å². The SMILES string of the molecule is CCNC(=NCC1(OC)CCOCC1)NC1CCN(c2ncccc2Cl)C1. The molecule has 0 aliphatic carbocycles. The second-order valence-electron chi connectivity index (χ2n) is 7.08. The summed E-state index contributed by atoms with van der Waals surface area (Å²) in [5.41, 5.74) is -0.218. The van der Waals surface area contributed by atoms with E-state index in [-0.39, 0.29) is 5.60 Å². The molecular formula is C19H30ClN5O2. The zero-order chi connectivity index (χ0) is 19.1. The van der Waals surface area contributed by atoms with Gasteiger partial charge in [0.25, 0.3) is 0 Å². The van der Waals surface area contributed by atoms with Gasteiger partial charge >= 0.3 is 0 Å². The number of guanidine groups is 1. The Hall–Kier alpha value is -1.57. The van der Waals surface area contributed by atoms with Crippen LogP contribution in [0, 0.1) is 0 Å². The average molecular weight is 396 g/mol. The average Bonchev–Trinajstić information content (AvgIpc) is 3.16. The minimum absolute atomic E-state index is 0.218. The van der Waals surface area contributed by atoms with Crippen LogP contribution in [0.2, 0.25) is 5.02 Å². The molecule has 0 spiro atoms. The minimum Gasteiger partial charge on any atom is -0.381 e. The van der Waals surface area contributed by atoms with Crippen LogP contribution in [0.1, 0.15) is 26.2 Å². The van der Waals surface area contributed by atoms with Crippen LogP contribution in [-0.2, 0) is 9.47 Å². The number of aliphatic imine (C=N–C) groups is 1. The molecule has 1 unspecified atom stereocenters. The number of methoxy groups -OCH3 is 1. The predicted molar refractivity (Wildman–Crippen MR) is 109 cm³/mol. The molecule has 2 fully saturated rings. The Labute approximate surface area is 166 Å². The van der Waals surface area contributed by atoms with Crippen molar-refractivity contribution in [3.05, 3.63) is 23.4 Å². The Kier molecular flexibility index (Phi) is 7.15. The Morgan fingerprint density at radius 3 is 3.00 bits per heavy atom. The van der Waals surface area contributed by atoms with Crippen molar-refractivity contribution < 1.29 is 9.47 Å². The van der Waals surface area contributed by atoms with E-state index in [0.717, 1.165) is 63.9 Å². The van der Waals surface area contributed by atoms with Crippen molar-refractivity contribution in [3.63, 3.8) is 0 Å². The third kappa shape index (κ3) is 5.24. The van der Waals surface area contributed by atoms with Gasteiger partial charge in [-0.3, -0.25) is 4.99 Å². The van der Waals surface area contributed by atoms with Crippen molar-refractivity contribution >= 4 is 23.4 Å². The Balaban J connectivity index is 1.60. The number of ether oxygens (including phenoxy) is 2. The number of aromatic nitrogens is 1. The fraction of sp³-hybridized carbons (Fsp3) is 0.684. The van der Waals surface area contributed by atoms with Crippen LogP contribution in [-0.4, -0.2) is 69.1 Å². The molecule has 2 aliphatic heterocycles. The van der Waals surface area contributed by atoms with E-state index in [1.54, 1.807) is 13.3 Å². The summed E-state index contributed by atoms with van der Waals surface area (Å²) in [7, 11) is 1.77. The summed E-state index contributed by atoms with van der Waals surface area (Å²) in [4.78, 5) is 11.5. The number of hydrogen-bond acceptors (Lipinski definition) is 5. The molecule has 1 aromatic rings. The van der Waals surface area contributed by atoms with Gasteiger partial charge in [0.2, 0.25) is 0 Å². The van der Waals surface area contributed by atoms with Gasteiger partial charge in [0.1, 0.15) is 5.82 Å². The van der Waals surface area contributed by atoms with Crippen molar-refractivity contribution in [2.75, 3.05) is 51.4 Å². The van der Waals surface area contributed by atoms with Gasteiger partial charge in [0.05, 0.1) is 17.2 Å². The smallest absolute Gasteiger partial charge is 0.191 e. The lowest BCUT2D eigenvalue weighted by Crippen LogP contribution is -2.47. The quantitative estimate of drug-likeness (QED) is 0.567. The summed E-state index contributed by atoms with van der Waals surface area (Å²) in [5, 5.41) is 7.60. The van der Waals surface area contributed by atoms with Crippen molar-refractivity contribution in [3.8, 4) is 0 Å². The highest BCUT2D eigenvalue weighted by molar-refractivity contribution is 6.32. The maximum Gasteiger partial charge on any atom is 0.191 e. The topological polar surface area (TPSA) is 71.0 Å². The molecule has 27 heavy (non-hydrogen) atoms. The van der Waals surface area contributed by atoms with Crippen LogP contribution in [0.4, 0.5) is 5.82 Å². The minimum atomic E-state index is -0.218. The van der Waals surface area contributed by atoms with Crippen molar-refractivity contribution in [2.24, 2.45) is 4.99 Å². The van der Waals surface area contributed by atoms with E-state index >= 15 is 0 Å². The van der Waals surface area contributed by atoms with Crippen LogP contribution < -0.4 is 15.5 Å². The van der Waals surface area contributed by atoms with Crippen LogP contribution in [0.5, 0.6) is 0 Å². The maximum atomic E-state index is 6.29. The number of anilines is 1. The van der Waals surface area contributed by atoms with Crippen molar-refractivity contribution in [1.29, 1.82) is 0 Å². The molecule has 0 aromatic carbocycles. The van der Waals surface area contributed by atoms with Gasteiger partial charge in [-0.1, -0.05) is 11.6 Å². The molecule has 0 bridgehead atoms. The molecular weight excluding hydrogens is 366 g/mol. The molecule has 8 heteroatoms. The summed E-state index contributed by atoms with van der Waals surface area (Å²) in [6.45, 7) is 6.76. The Morgan fingerprint density at radius 1 is 1.48 bits per heavy atom. The monoisotopic (exact) mass is 395 g/mol. The normalized spacial score (nSPS) is 22.7. The van der Waals surface area contributed by atoms with E-state index in [0.29, 0.717) is 17.6 Å². The standard InChI is InChI=1S/C19H30ClN5O2/c1-3-21-18(23-14-19(26-2)7-11-27-12-8-19)24-15-6-10-25(13-15)17-16(20)5-4-9-22-17/h4-5,9,15H,3,6-8,10-14H2,1-2H3,(H2,21,23,24). The molecule has 3 rings (SSSR count). The molecule has 1 aromatic heterocycles. The zero-order valence-corrected chi connectivity index (χ0v) is 17.0. The van der Waals surface area contributed by atoms with E-state index in [1.165, 1.54) is 0 Å². The molecule has 0 radical (unpaired) electrons. The molecule has 7 nitrogen and oxygen atoms in total. The molecule has 150 valence electrons. The first-order valence-corrected chi connectivity index (χ1v) is 10.1. The first-order chi connectivity index (χ1) is 13.2. The summed E-state index contributed by atoms with van der Waals surface area (Å²) in [6, 6.07) is 4.04. The van der Waals surface area contributed by atoms with Crippen LogP contribution in [0.3, 0.4) is 0 Å². The Bertz CT molecular complexity index is 636. The van der Waals surface area contributed by atoms with E-state index < -0.39 is 0 Å². The number of hydrogen-bond donors (Lipinski definition) is 2. The molecule has 2 aliphatic rings. The molecule has 0 amide bonds. The molecule has 3 heterocycles. The summed E-state index contributed by atoms with van der Waals surface area (Å²) in [5.74, 6) is 1.69. The largest absolute Gasteiger partial charge is 0.381 e. The van der Waals surface area contributed by atoms with Crippen LogP contribution in [0.25, 0.3) is 0 Å². The number of rotatable bonds is 6. The van der Waals surface area contributed by atoms with Gasteiger partial charge < -0.3 is 25.0 Å². The highest BCUT2D eigenvalue weighted by atomic mass is 35.5. The Morgan fingerprint density at radius 2 is 2.30 bits per heavy atom. The van der Waals surface area contributed by atoms with E-state index in [4.69, 9.17) is 26.1 Å².